The summed E-state index contributed by atoms with van der Waals surface area (Å²) in [5.74, 6) is 2.36. The summed E-state index contributed by atoms with van der Waals surface area (Å²) in [5, 5.41) is 6.65. The second kappa shape index (κ2) is 12.2. The maximum Gasteiger partial charge on any atom is 0.191 e. The van der Waals surface area contributed by atoms with Crippen molar-refractivity contribution in [2.24, 2.45) is 4.99 Å². The van der Waals surface area contributed by atoms with Crippen LogP contribution in [0.25, 0.3) is 0 Å². The molecule has 1 aromatic rings. The van der Waals surface area contributed by atoms with Gasteiger partial charge in [-0.25, -0.2) is 0 Å². The van der Waals surface area contributed by atoms with E-state index in [1.54, 1.807) is 21.3 Å². The van der Waals surface area contributed by atoms with Gasteiger partial charge in [0.25, 0.3) is 0 Å². The highest BCUT2D eigenvalue weighted by Gasteiger charge is 2.10. The molecular formula is C17H29IN4O3. The lowest BCUT2D eigenvalue weighted by molar-refractivity contribution is 0.0389. The molecule has 1 aromatic carbocycles. The smallest absolute Gasteiger partial charge is 0.191 e. The second-order valence-electron chi connectivity index (χ2n) is 5.48. The van der Waals surface area contributed by atoms with Crippen LogP contribution in [0.2, 0.25) is 0 Å². The summed E-state index contributed by atoms with van der Waals surface area (Å²) in [6, 6.07) is 5.80. The van der Waals surface area contributed by atoms with Gasteiger partial charge in [-0.15, -0.1) is 24.0 Å². The zero-order chi connectivity index (χ0) is 17.2. The highest BCUT2D eigenvalue weighted by atomic mass is 127. The number of aliphatic imine (C=N–C) groups is 1. The Labute approximate surface area is 167 Å². The van der Waals surface area contributed by atoms with Crippen molar-refractivity contribution in [3.8, 4) is 11.5 Å². The molecule has 2 N–H and O–H groups in total. The second-order valence-corrected chi connectivity index (χ2v) is 5.48. The van der Waals surface area contributed by atoms with E-state index in [0.29, 0.717) is 6.54 Å². The van der Waals surface area contributed by atoms with Crippen molar-refractivity contribution in [3.63, 3.8) is 0 Å². The average Bonchev–Trinajstić information content (AvgIpc) is 2.65. The van der Waals surface area contributed by atoms with Crippen molar-refractivity contribution in [3.05, 3.63) is 23.8 Å². The van der Waals surface area contributed by atoms with E-state index in [-0.39, 0.29) is 24.0 Å². The summed E-state index contributed by atoms with van der Waals surface area (Å²) in [5.41, 5.74) is 1.05. The van der Waals surface area contributed by atoms with Crippen molar-refractivity contribution < 1.29 is 14.2 Å². The lowest BCUT2D eigenvalue weighted by Crippen LogP contribution is -2.44. The van der Waals surface area contributed by atoms with Crippen LogP contribution in [0.5, 0.6) is 11.5 Å². The van der Waals surface area contributed by atoms with Crippen LogP contribution in [0.4, 0.5) is 0 Å². The number of morpholine rings is 1. The number of hydrogen-bond acceptors (Lipinski definition) is 5. The molecule has 0 aliphatic carbocycles. The van der Waals surface area contributed by atoms with Gasteiger partial charge in [-0.1, -0.05) is 0 Å². The predicted octanol–water partition coefficient (Wildman–Crippen LogP) is 1.32. The van der Waals surface area contributed by atoms with Crippen molar-refractivity contribution in [1.29, 1.82) is 0 Å². The highest BCUT2D eigenvalue weighted by Crippen LogP contribution is 2.24. The van der Waals surface area contributed by atoms with Crippen LogP contribution in [-0.4, -0.2) is 71.5 Å². The third-order valence-electron chi connectivity index (χ3n) is 3.99. The monoisotopic (exact) mass is 464 g/mol. The molecule has 0 unspecified atom stereocenters. The zero-order valence-corrected chi connectivity index (χ0v) is 17.5. The summed E-state index contributed by atoms with van der Waals surface area (Å²) in [4.78, 5) is 6.65. The Morgan fingerprint density at radius 3 is 2.60 bits per heavy atom. The van der Waals surface area contributed by atoms with E-state index < -0.39 is 0 Å². The molecule has 1 aliphatic rings. The molecule has 1 heterocycles. The third-order valence-corrected chi connectivity index (χ3v) is 3.99. The van der Waals surface area contributed by atoms with E-state index in [1.807, 2.05) is 18.2 Å². The number of hydrogen-bond donors (Lipinski definition) is 2. The molecule has 0 aromatic heterocycles. The number of nitrogens with one attached hydrogen (secondary N) is 2. The van der Waals surface area contributed by atoms with E-state index in [9.17, 15) is 0 Å². The van der Waals surface area contributed by atoms with Gasteiger partial charge in [0.05, 0.1) is 27.4 Å². The number of benzene rings is 1. The lowest BCUT2D eigenvalue weighted by atomic mass is 10.2. The van der Waals surface area contributed by atoms with Gasteiger partial charge in [-0.2, -0.15) is 0 Å². The molecule has 25 heavy (non-hydrogen) atoms. The Morgan fingerprint density at radius 1 is 1.20 bits per heavy atom. The van der Waals surface area contributed by atoms with Crippen LogP contribution in [0.15, 0.2) is 23.2 Å². The Balaban J connectivity index is 0.00000312. The van der Waals surface area contributed by atoms with E-state index in [2.05, 4.69) is 20.5 Å². The van der Waals surface area contributed by atoms with Crippen molar-refractivity contribution >= 4 is 29.9 Å². The first kappa shape index (κ1) is 21.8. The molecule has 2 rings (SSSR count). The van der Waals surface area contributed by atoms with Gasteiger partial charge in [0.1, 0.15) is 11.5 Å². The predicted molar refractivity (Wildman–Crippen MR) is 110 cm³/mol. The standard InChI is InChI=1S/C17H28N4O3.HI/c1-18-17(19-6-7-21-8-10-24-11-9-21)20-13-14-4-5-15(22-2)12-16(14)23-3;/h4-5,12H,6-11,13H2,1-3H3,(H2,18,19,20);1H. The van der Waals surface area contributed by atoms with Gasteiger partial charge in [0.15, 0.2) is 5.96 Å². The van der Waals surface area contributed by atoms with E-state index in [1.165, 1.54) is 0 Å². The molecule has 0 bridgehead atoms. The molecular weight excluding hydrogens is 435 g/mol. The van der Waals surface area contributed by atoms with Crippen LogP contribution in [0, 0.1) is 0 Å². The number of nitrogens with zero attached hydrogens (tertiary/aromatic N) is 2. The molecule has 1 aliphatic heterocycles. The SMILES string of the molecule is CN=C(NCCN1CCOCC1)NCc1ccc(OC)cc1OC.I. The molecule has 142 valence electrons. The highest BCUT2D eigenvalue weighted by molar-refractivity contribution is 14.0. The third kappa shape index (κ3) is 7.25. The molecule has 0 amide bonds. The van der Waals surface area contributed by atoms with Gasteiger partial charge >= 0.3 is 0 Å². The maximum absolute atomic E-state index is 5.42. The molecule has 1 saturated heterocycles. The Kier molecular flexibility index (Phi) is 10.6. The fourth-order valence-electron chi connectivity index (χ4n) is 2.55. The quantitative estimate of drug-likeness (QED) is 0.361. The molecule has 1 fully saturated rings. The first-order valence-corrected chi connectivity index (χ1v) is 8.22. The number of ether oxygens (including phenoxy) is 3. The van der Waals surface area contributed by atoms with Gasteiger partial charge in [-0.3, -0.25) is 9.89 Å². The largest absolute Gasteiger partial charge is 0.497 e. The normalized spacial score (nSPS) is 15.2. The number of guanidine groups is 1. The molecule has 0 spiro atoms. The van der Waals surface area contributed by atoms with Gasteiger partial charge in [0, 0.05) is 51.4 Å². The molecule has 0 saturated carbocycles. The number of rotatable bonds is 7. The van der Waals surface area contributed by atoms with Crippen LogP contribution < -0.4 is 20.1 Å². The summed E-state index contributed by atoms with van der Waals surface area (Å²) in [6.45, 7) is 6.10. The van der Waals surface area contributed by atoms with Crippen LogP contribution in [0.3, 0.4) is 0 Å². The molecule has 7 nitrogen and oxygen atoms in total. The van der Waals surface area contributed by atoms with Gasteiger partial charge in [-0.05, 0) is 12.1 Å². The Morgan fingerprint density at radius 2 is 1.96 bits per heavy atom. The lowest BCUT2D eigenvalue weighted by Gasteiger charge is -2.26. The fourth-order valence-corrected chi connectivity index (χ4v) is 2.55. The minimum absolute atomic E-state index is 0. The maximum atomic E-state index is 5.42. The van der Waals surface area contributed by atoms with Crippen molar-refractivity contribution in [2.75, 3.05) is 60.7 Å². The molecule has 8 heteroatoms. The zero-order valence-electron chi connectivity index (χ0n) is 15.2. The van der Waals surface area contributed by atoms with Gasteiger partial charge in [0.2, 0.25) is 0 Å². The first-order chi connectivity index (χ1) is 11.8. The molecule has 0 radical (unpaired) electrons. The average molecular weight is 464 g/mol. The summed E-state index contributed by atoms with van der Waals surface area (Å²) in [6.07, 6.45) is 0. The van der Waals surface area contributed by atoms with Crippen molar-refractivity contribution in [2.45, 2.75) is 6.54 Å². The van der Waals surface area contributed by atoms with Crippen molar-refractivity contribution in [1.82, 2.24) is 15.5 Å². The Bertz CT molecular complexity index is 537. The van der Waals surface area contributed by atoms with E-state index in [4.69, 9.17) is 14.2 Å². The van der Waals surface area contributed by atoms with Gasteiger partial charge < -0.3 is 24.8 Å². The summed E-state index contributed by atoms with van der Waals surface area (Å²) in [7, 11) is 5.08. The van der Waals surface area contributed by atoms with Crippen LogP contribution in [0.1, 0.15) is 5.56 Å². The van der Waals surface area contributed by atoms with E-state index in [0.717, 1.165) is 62.4 Å². The molecule has 0 atom stereocenters. The number of halogens is 1. The first-order valence-electron chi connectivity index (χ1n) is 8.22. The minimum atomic E-state index is 0. The summed E-state index contributed by atoms with van der Waals surface area (Å²) < 4.78 is 16.0. The fraction of sp³-hybridized carbons (Fsp3) is 0.588. The minimum Gasteiger partial charge on any atom is -0.497 e. The van der Waals surface area contributed by atoms with Crippen LogP contribution in [-0.2, 0) is 11.3 Å². The Hall–Kier alpha value is -1.26. The number of methoxy groups -OCH3 is 2. The van der Waals surface area contributed by atoms with Crippen LogP contribution >= 0.6 is 24.0 Å². The van der Waals surface area contributed by atoms with E-state index >= 15 is 0 Å². The summed E-state index contributed by atoms with van der Waals surface area (Å²) >= 11 is 0. The topological polar surface area (TPSA) is 67.4 Å².